The highest BCUT2D eigenvalue weighted by Gasteiger charge is 1.94. The number of rotatable bonds is 4. The molecule has 0 radical (unpaired) electrons. The van der Waals surface area contributed by atoms with Crippen LogP contribution >= 0.6 is 0 Å². The zero-order valence-corrected chi connectivity index (χ0v) is 8.11. The largest absolute Gasteiger partial charge is 0.428 e. The van der Waals surface area contributed by atoms with E-state index in [9.17, 15) is 0 Å². The van der Waals surface area contributed by atoms with E-state index in [2.05, 4.69) is 13.8 Å². The molecular weight excluding hydrogens is 116 g/mol. The smallest absolute Gasteiger partial charge is 0.145 e. The van der Waals surface area contributed by atoms with Gasteiger partial charge in [0.2, 0.25) is 0 Å². The second-order valence-electron chi connectivity index (χ2n) is 2.29. The Labute approximate surface area is 55.0 Å². The maximum atomic E-state index is 5.05. The van der Waals surface area contributed by atoms with Crippen molar-refractivity contribution in [1.29, 1.82) is 0 Å². The van der Waals surface area contributed by atoms with Crippen LogP contribution in [0.15, 0.2) is 0 Å². The molecule has 0 rings (SSSR count). The molecule has 0 aromatic rings. The van der Waals surface area contributed by atoms with Gasteiger partial charge >= 0.3 is 0 Å². The zero-order chi connectivity index (χ0) is 6.41. The minimum Gasteiger partial charge on any atom is -0.428 e. The summed E-state index contributed by atoms with van der Waals surface area (Å²) in [5.74, 6) is 0.851. The molecule has 0 aliphatic carbocycles. The molecule has 2 heteroatoms. The second-order valence-corrected chi connectivity index (χ2v) is 2.87. The van der Waals surface area contributed by atoms with Crippen LogP contribution in [0.25, 0.3) is 0 Å². The van der Waals surface area contributed by atoms with E-state index in [1.165, 1.54) is 12.8 Å². The first kappa shape index (κ1) is 8.18. The highest BCUT2D eigenvalue weighted by Crippen LogP contribution is 2.04. The molecule has 50 valence electrons. The van der Waals surface area contributed by atoms with E-state index in [1.54, 1.807) is 0 Å². The predicted molar refractivity (Wildman–Crippen MR) is 40.0 cm³/mol. The van der Waals surface area contributed by atoms with Crippen LogP contribution in [-0.2, 0) is 4.43 Å². The fourth-order valence-electron chi connectivity index (χ4n) is 0.523. The van der Waals surface area contributed by atoms with E-state index in [1.807, 2.05) is 0 Å². The maximum Gasteiger partial charge on any atom is 0.145 e. The molecule has 1 atom stereocenters. The van der Waals surface area contributed by atoms with Gasteiger partial charge in [0, 0.05) is 6.61 Å². The molecule has 0 amide bonds. The van der Waals surface area contributed by atoms with Crippen molar-refractivity contribution in [3.63, 3.8) is 0 Å². The standard InChI is InChI=1S/C6H16OSi/c1-3-6(2)4-5-7-8/h6H,3-5H2,1-2,8H3. The van der Waals surface area contributed by atoms with Crippen LogP contribution in [0.2, 0.25) is 0 Å². The Morgan fingerprint density at radius 3 is 2.62 bits per heavy atom. The van der Waals surface area contributed by atoms with Crippen molar-refractivity contribution in [1.82, 2.24) is 0 Å². The van der Waals surface area contributed by atoms with Crippen LogP contribution in [0.3, 0.4) is 0 Å². The summed E-state index contributed by atoms with van der Waals surface area (Å²) in [6, 6.07) is 0. The fourth-order valence-corrected chi connectivity index (χ4v) is 0.759. The lowest BCUT2D eigenvalue weighted by Crippen LogP contribution is -1.98. The molecule has 0 aromatic heterocycles. The third-order valence-corrected chi connectivity index (χ3v) is 1.92. The van der Waals surface area contributed by atoms with Gasteiger partial charge in [-0.05, 0) is 12.3 Å². The van der Waals surface area contributed by atoms with E-state index in [0.717, 1.165) is 23.0 Å². The van der Waals surface area contributed by atoms with Gasteiger partial charge in [0.15, 0.2) is 0 Å². The summed E-state index contributed by atoms with van der Waals surface area (Å²) in [6.45, 7) is 5.46. The topological polar surface area (TPSA) is 9.23 Å². The lowest BCUT2D eigenvalue weighted by molar-refractivity contribution is 0.305. The van der Waals surface area contributed by atoms with Gasteiger partial charge in [-0.1, -0.05) is 20.3 Å². The Morgan fingerprint density at radius 1 is 1.62 bits per heavy atom. The highest BCUT2D eigenvalue weighted by molar-refractivity contribution is 5.97. The van der Waals surface area contributed by atoms with Gasteiger partial charge in [-0.25, -0.2) is 0 Å². The molecule has 0 N–H and O–H groups in total. The summed E-state index contributed by atoms with van der Waals surface area (Å²) in [4.78, 5) is 0. The molecule has 0 saturated heterocycles. The van der Waals surface area contributed by atoms with Crippen LogP contribution < -0.4 is 0 Å². The fraction of sp³-hybridized carbons (Fsp3) is 1.00. The predicted octanol–water partition coefficient (Wildman–Crippen LogP) is 0.720. The number of hydrogen-bond donors (Lipinski definition) is 0. The molecule has 0 spiro atoms. The van der Waals surface area contributed by atoms with Crippen LogP contribution in [0.1, 0.15) is 26.7 Å². The maximum absolute atomic E-state index is 5.05. The molecular formula is C6H16OSi. The molecule has 0 fully saturated rings. The molecule has 1 unspecified atom stereocenters. The molecule has 0 aliphatic heterocycles. The summed E-state index contributed by atoms with van der Waals surface area (Å²) in [5.41, 5.74) is 0. The molecule has 0 bridgehead atoms. The van der Waals surface area contributed by atoms with E-state index >= 15 is 0 Å². The molecule has 8 heavy (non-hydrogen) atoms. The van der Waals surface area contributed by atoms with Crippen LogP contribution in [0.5, 0.6) is 0 Å². The minimum atomic E-state index is 0.851. The third kappa shape index (κ3) is 4.34. The first-order valence-corrected chi connectivity index (χ1v) is 4.11. The van der Waals surface area contributed by atoms with Crippen molar-refractivity contribution in [3.8, 4) is 0 Å². The van der Waals surface area contributed by atoms with Crippen molar-refractivity contribution in [2.24, 2.45) is 5.92 Å². The Morgan fingerprint density at radius 2 is 2.25 bits per heavy atom. The lowest BCUT2D eigenvalue weighted by atomic mass is 10.1. The Hall–Kier alpha value is 0.177. The molecule has 0 aromatic carbocycles. The second kappa shape index (κ2) is 5.32. The zero-order valence-electron chi connectivity index (χ0n) is 6.11. The van der Waals surface area contributed by atoms with Crippen molar-refractivity contribution in [2.45, 2.75) is 26.7 Å². The van der Waals surface area contributed by atoms with Gasteiger partial charge in [0.05, 0.1) is 0 Å². The summed E-state index contributed by atoms with van der Waals surface area (Å²) in [7, 11) is 0.897. The summed E-state index contributed by atoms with van der Waals surface area (Å²) in [5, 5.41) is 0. The van der Waals surface area contributed by atoms with Gasteiger partial charge < -0.3 is 4.43 Å². The van der Waals surface area contributed by atoms with E-state index in [-0.39, 0.29) is 0 Å². The molecule has 0 saturated carbocycles. The highest BCUT2D eigenvalue weighted by atomic mass is 28.2. The normalized spacial score (nSPS) is 14.2. The van der Waals surface area contributed by atoms with Crippen LogP contribution in [0.4, 0.5) is 0 Å². The van der Waals surface area contributed by atoms with Gasteiger partial charge in [-0.3, -0.25) is 0 Å². The monoisotopic (exact) mass is 132 g/mol. The Kier molecular flexibility index (Phi) is 5.43. The van der Waals surface area contributed by atoms with Crippen molar-refractivity contribution in [2.75, 3.05) is 6.61 Å². The SMILES string of the molecule is CCC(C)CCO[SiH3]. The van der Waals surface area contributed by atoms with E-state index < -0.39 is 0 Å². The van der Waals surface area contributed by atoms with Gasteiger partial charge in [0.1, 0.15) is 10.5 Å². The van der Waals surface area contributed by atoms with Gasteiger partial charge in [0.25, 0.3) is 0 Å². The van der Waals surface area contributed by atoms with Crippen molar-refractivity contribution >= 4 is 10.5 Å². The molecule has 0 heterocycles. The van der Waals surface area contributed by atoms with E-state index in [4.69, 9.17) is 4.43 Å². The van der Waals surface area contributed by atoms with Crippen molar-refractivity contribution in [3.05, 3.63) is 0 Å². The first-order chi connectivity index (χ1) is 3.81. The van der Waals surface area contributed by atoms with Gasteiger partial charge in [-0.15, -0.1) is 0 Å². The van der Waals surface area contributed by atoms with Crippen LogP contribution in [0, 0.1) is 5.92 Å². The summed E-state index contributed by atoms with van der Waals surface area (Å²) >= 11 is 0. The first-order valence-electron chi connectivity index (χ1n) is 3.30. The average molecular weight is 132 g/mol. The van der Waals surface area contributed by atoms with Gasteiger partial charge in [-0.2, -0.15) is 0 Å². The number of hydrogen-bond acceptors (Lipinski definition) is 1. The van der Waals surface area contributed by atoms with Crippen molar-refractivity contribution < 1.29 is 4.43 Å². The average Bonchev–Trinajstić information content (AvgIpc) is 1.83. The van der Waals surface area contributed by atoms with Crippen LogP contribution in [-0.4, -0.2) is 17.1 Å². The lowest BCUT2D eigenvalue weighted by Gasteiger charge is -2.05. The Balaban J connectivity index is 2.86. The minimum absolute atomic E-state index is 0.851. The Bertz CT molecular complexity index is 47.8. The quantitative estimate of drug-likeness (QED) is 0.512. The summed E-state index contributed by atoms with van der Waals surface area (Å²) < 4.78 is 5.05. The molecule has 0 aliphatic rings. The third-order valence-electron chi connectivity index (χ3n) is 1.51. The molecule has 1 nitrogen and oxygen atoms in total. The van der Waals surface area contributed by atoms with E-state index in [0.29, 0.717) is 0 Å². The summed E-state index contributed by atoms with van der Waals surface area (Å²) in [6.07, 6.45) is 2.52.